The van der Waals surface area contributed by atoms with Gasteiger partial charge in [0.05, 0.1) is 13.2 Å². The maximum atomic E-state index is 12.7. The van der Waals surface area contributed by atoms with Crippen LogP contribution in [0.15, 0.2) is 30.3 Å². The number of anilines is 2. The number of rotatable bonds is 3. The third-order valence-corrected chi connectivity index (χ3v) is 5.36. The van der Waals surface area contributed by atoms with Gasteiger partial charge in [-0.3, -0.25) is 4.79 Å². The molecule has 2 saturated heterocycles. The van der Waals surface area contributed by atoms with Gasteiger partial charge in [-0.2, -0.15) is 4.98 Å². The van der Waals surface area contributed by atoms with Crippen molar-refractivity contribution in [1.82, 2.24) is 14.9 Å². The lowest BCUT2D eigenvalue weighted by atomic mass is 10.2. The summed E-state index contributed by atoms with van der Waals surface area (Å²) < 4.78 is 5.42. The van der Waals surface area contributed by atoms with E-state index in [2.05, 4.69) is 14.8 Å². The molecule has 2 fully saturated rings. The maximum Gasteiger partial charge on any atom is 0.253 e. The number of ether oxygens (including phenoxy) is 1. The van der Waals surface area contributed by atoms with Gasteiger partial charge in [0, 0.05) is 61.6 Å². The molecule has 2 aliphatic heterocycles. The number of halogens is 1. The minimum Gasteiger partial charge on any atom is -0.378 e. The average Bonchev–Trinajstić information content (AvgIpc) is 2.74. The Kier molecular flexibility index (Phi) is 5.64. The summed E-state index contributed by atoms with van der Waals surface area (Å²) in [5, 5.41) is 0.636. The van der Waals surface area contributed by atoms with Crippen molar-refractivity contribution in [3.63, 3.8) is 0 Å². The molecule has 0 atom stereocenters. The summed E-state index contributed by atoms with van der Waals surface area (Å²) in [7, 11) is 0. The molecule has 2 aliphatic rings. The Morgan fingerprint density at radius 1 is 0.964 bits per heavy atom. The van der Waals surface area contributed by atoms with Crippen molar-refractivity contribution < 1.29 is 9.53 Å². The molecule has 0 spiro atoms. The molecule has 7 nitrogen and oxygen atoms in total. The largest absolute Gasteiger partial charge is 0.378 e. The standard InChI is InChI=1S/C20H24ClN5O2/c1-15-14-18(23-20(22-15)26-10-12-28-13-11-26)24-6-8-25(9-7-24)19(27)16-2-4-17(21)5-3-16/h2-5,14H,6-13H2,1H3. The third-order valence-electron chi connectivity index (χ3n) is 5.10. The van der Waals surface area contributed by atoms with Crippen LogP contribution in [0.1, 0.15) is 16.1 Å². The SMILES string of the molecule is Cc1cc(N2CCN(C(=O)c3ccc(Cl)cc3)CC2)nc(N2CCOCC2)n1. The molecule has 1 amide bonds. The lowest BCUT2D eigenvalue weighted by Gasteiger charge is -2.36. The highest BCUT2D eigenvalue weighted by atomic mass is 35.5. The second kappa shape index (κ2) is 8.32. The molecule has 4 rings (SSSR count). The first-order valence-electron chi connectivity index (χ1n) is 9.58. The number of aryl methyl sites for hydroxylation is 1. The summed E-state index contributed by atoms with van der Waals surface area (Å²) in [4.78, 5) is 28.4. The predicted molar refractivity (Wildman–Crippen MR) is 109 cm³/mol. The van der Waals surface area contributed by atoms with E-state index in [9.17, 15) is 4.79 Å². The summed E-state index contributed by atoms with van der Waals surface area (Å²) in [5.41, 5.74) is 1.62. The van der Waals surface area contributed by atoms with Gasteiger partial charge in [0.2, 0.25) is 5.95 Å². The lowest BCUT2D eigenvalue weighted by molar-refractivity contribution is 0.0746. The zero-order chi connectivity index (χ0) is 19.5. The van der Waals surface area contributed by atoms with Crippen LogP contribution in [0.25, 0.3) is 0 Å². The predicted octanol–water partition coefficient (Wildman–Crippen LogP) is 2.24. The first-order chi connectivity index (χ1) is 13.6. The van der Waals surface area contributed by atoms with Crippen molar-refractivity contribution in [3.05, 3.63) is 46.6 Å². The van der Waals surface area contributed by atoms with Crippen LogP contribution in [0.4, 0.5) is 11.8 Å². The number of carbonyl (C=O) groups is 1. The molecular formula is C20H24ClN5O2. The van der Waals surface area contributed by atoms with Gasteiger partial charge in [0.1, 0.15) is 5.82 Å². The van der Waals surface area contributed by atoms with Gasteiger partial charge >= 0.3 is 0 Å². The Balaban J connectivity index is 1.42. The number of morpholine rings is 1. The van der Waals surface area contributed by atoms with Crippen molar-refractivity contribution in [2.75, 3.05) is 62.3 Å². The third kappa shape index (κ3) is 4.20. The monoisotopic (exact) mass is 401 g/mol. The van der Waals surface area contributed by atoms with Crippen LogP contribution in [-0.4, -0.2) is 73.3 Å². The van der Waals surface area contributed by atoms with E-state index in [-0.39, 0.29) is 5.91 Å². The molecule has 1 aromatic carbocycles. The molecule has 0 radical (unpaired) electrons. The zero-order valence-corrected chi connectivity index (χ0v) is 16.7. The van der Waals surface area contributed by atoms with Gasteiger partial charge in [0.15, 0.2) is 0 Å². The lowest BCUT2D eigenvalue weighted by Crippen LogP contribution is -2.49. The molecule has 2 aromatic rings. The minimum atomic E-state index is 0.0455. The maximum absolute atomic E-state index is 12.7. The van der Waals surface area contributed by atoms with Crippen molar-refractivity contribution in [2.24, 2.45) is 0 Å². The highest BCUT2D eigenvalue weighted by molar-refractivity contribution is 6.30. The Bertz CT molecular complexity index is 831. The van der Waals surface area contributed by atoms with E-state index in [0.717, 1.165) is 43.6 Å². The first-order valence-corrected chi connectivity index (χ1v) is 9.96. The van der Waals surface area contributed by atoms with E-state index in [1.807, 2.05) is 17.9 Å². The first kappa shape index (κ1) is 19.0. The molecule has 0 bridgehead atoms. The molecule has 0 aliphatic carbocycles. The number of benzene rings is 1. The van der Waals surface area contributed by atoms with E-state index in [1.54, 1.807) is 24.3 Å². The number of carbonyl (C=O) groups excluding carboxylic acids is 1. The van der Waals surface area contributed by atoms with Gasteiger partial charge in [-0.25, -0.2) is 4.98 Å². The molecule has 28 heavy (non-hydrogen) atoms. The number of piperazine rings is 1. The molecule has 0 saturated carbocycles. The van der Waals surface area contributed by atoms with E-state index in [4.69, 9.17) is 21.3 Å². The van der Waals surface area contributed by atoms with Crippen LogP contribution < -0.4 is 9.80 Å². The highest BCUT2D eigenvalue weighted by Gasteiger charge is 2.24. The number of nitrogens with zero attached hydrogens (tertiary/aromatic N) is 5. The van der Waals surface area contributed by atoms with Crippen LogP contribution in [-0.2, 0) is 4.74 Å². The summed E-state index contributed by atoms with van der Waals surface area (Å²) in [6.07, 6.45) is 0. The smallest absolute Gasteiger partial charge is 0.253 e. The average molecular weight is 402 g/mol. The van der Waals surface area contributed by atoms with Gasteiger partial charge in [-0.1, -0.05) is 11.6 Å². The molecule has 0 unspecified atom stereocenters. The van der Waals surface area contributed by atoms with Gasteiger partial charge < -0.3 is 19.4 Å². The number of hydrogen-bond acceptors (Lipinski definition) is 6. The van der Waals surface area contributed by atoms with E-state index in [1.165, 1.54) is 0 Å². The zero-order valence-electron chi connectivity index (χ0n) is 16.0. The van der Waals surface area contributed by atoms with Crippen molar-refractivity contribution in [2.45, 2.75) is 6.92 Å². The molecule has 1 aromatic heterocycles. The van der Waals surface area contributed by atoms with Crippen molar-refractivity contribution in [1.29, 1.82) is 0 Å². The molecular weight excluding hydrogens is 378 g/mol. The van der Waals surface area contributed by atoms with Gasteiger partial charge in [-0.15, -0.1) is 0 Å². The molecule has 148 valence electrons. The van der Waals surface area contributed by atoms with Crippen molar-refractivity contribution in [3.8, 4) is 0 Å². The van der Waals surface area contributed by atoms with Crippen LogP contribution in [0, 0.1) is 6.92 Å². The summed E-state index contributed by atoms with van der Waals surface area (Å²) in [5.74, 6) is 1.73. The van der Waals surface area contributed by atoms with Crippen molar-refractivity contribution >= 4 is 29.3 Å². The van der Waals surface area contributed by atoms with E-state index in [0.29, 0.717) is 36.9 Å². The fraction of sp³-hybridized carbons (Fsp3) is 0.450. The van der Waals surface area contributed by atoms with Crippen LogP contribution in [0.5, 0.6) is 0 Å². The van der Waals surface area contributed by atoms with Crippen LogP contribution in [0.2, 0.25) is 5.02 Å². The van der Waals surface area contributed by atoms with E-state index < -0.39 is 0 Å². The number of amides is 1. The second-order valence-electron chi connectivity index (χ2n) is 7.05. The minimum absolute atomic E-state index is 0.0455. The fourth-order valence-electron chi connectivity index (χ4n) is 3.52. The Labute approximate surface area is 169 Å². The van der Waals surface area contributed by atoms with E-state index >= 15 is 0 Å². The normalized spacial score (nSPS) is 17.7. The number of hydrogen-bond donors (Lipinski definition) is 0. The summed E-state index contributed by atoms with van der Waals surface area (Å²) >= 11 is 5.92. The van der Waals surface area contributed by atoms with Crippen LogP contribution in [0.3, 0.4) is 0 Å². The van der Waals surface area contributed by atoms with Gasteiger partial charge in [0.25, 0.3) is 5.91 Å². The molecule has 3 heterocycles. The summed E-state index contributed by atoms with van der Waals surface area (Å²) in [6, 6.07) is 9.07. The fourth-order valence-corrected chi connectivity index (χ4v) is 3.64. The molecule has 0 N–H and O–H groups in total. The highest BCUT2D eigenvalue weighted by Crippen LogP contribution is 2.20. The topological polar surface area (TPSA) is 61.8 Å². The molecule has 8 heteroatoms. The Hall–Kier alpha value is -2.38. The quantitative estimate of drug-likeness (QED) is 0.786. The Morgan fingerprint density at radius 3 is 2.32 bits per heavy atom. The Morgan fingerprint density at radius 2 is 1.64 bits per heavy atom. The second-order valence-corrected chi connectivity index (χ2v) is 7.49. The van der Waals surface area contributed by atoms with Crippen LogP contribution >= 0.6 is 11.6 Å². The number of aromatic nitrogens is 2. The summed E-state index contributed by atoms with van der Waals surface area (Å²) in [6.45, 7) is 7.86. The van der Waals surface area contributed by atoms with Gasteiger partial charge in [-0.05, 0) is 31.2 Å².